The topological polar surface area (TPSA) is 48.4 Å². The largest absolute Gasteiger partial charge is 0.495 e. The van der Waals surface area contributed by atoms with E-state index in [9.17, 15) is 4.79 Å². The lowest BCUT2D eigenvalue weighted by molar-refractivity contribution is 0.0601. The van der Waals surface area contributed by atoms with Gasteiger partial charge in [-0.1, -0.05) is 12.1 Å². The van der Waals surface area contributed by atoms with Gasteiger partial charge in [0.15, 0.2) is 0 Å². The van der Waals surface area contributed by atoms with Gasteiger partial charge in [0.05, 0.1) is 31.7 Å². The van der Waals surface area contributed by atoms with Crippen LogP contribution in [0.5, 0.6) is 5.75 Å². The zero-order valence-electron chi connectivity index (χ0n) is 10.2. The Labute approximate surface area is 105 Å². The van der Waals surface area contributed by atoms with E-state index in [1.165, 1.54) is 7.11 Å². The highest BCUT2D eigenvalue weighted by Crippen LogP contribution is 2.20. The van der Waals surface area contributed by atoms with Crippen molar-refractivity contribution in [2.45, 2.75) is 0 Å². The second kappa shape index (κ2) is 5.31. The van der Waals surface area contributed by atoms with Crippen LogP contribution in [-0.2, 0) is 4.74 Å². The van der Waals surface area contributed by atoms with Gasteiger partial charge in [-0.25, -0.2) is 4.79 Å². The lowest BCUT2D eigenvalue weighted by Crippen LogP contribution is -2.00. The van der Waals surface area contributed by atoms with Crippen LogP contribution in [0.2, 0.25) is 0 Å². The molecule has 0 amide bonds. The van der Waals surface area contributed by atoms with E-state index in [0.717, 1.165) is 11.3 Å². The summed E-state index contributed by atoms with van der Waals surface area (Å²) in [6.07, 6.45) is 1.64. The van der Waals surface area contributed by atoms with Crippen molar-refractivity contribution in [3.8, 4) is 17.0 Å². The van der Waals surface area contributed by atoms with Gasteiger partial charge in [-0.3, -0.25) is 4.98 Å². The number of hydrogen-bond donors (Lipinski definition) is 0. The molecule has 0 saturated heterocycles. The Balaban J connectivity index is 2.35. The highest BCUT2D eigenvalue weighted by atomic mass is 16.5. The number of rotatable bonds is 3. The Morgan fingerprint density at radius 3 is 2.61 bits per heavy atom. The molecular weight excluding hydrogens is 230 g/mol. The second-order valence-electron chi connectivity index (χ2n) is 3.66. The third-order valence-electron chi connectivity index (χ3n) is 2.55. The van der Waals surface area contributed by atoms with Crippen LogP contribution in [-0.4, -0.2) is 25.2 Å². The van der Waals surface area contributed by atoms with Crippen LogP contribution in [0, 0.1) is 0 Å². The first kappa shape index (κ1) is 12.1. The van der Waals surface area contributed by atoms with Crippen LogP contribution in [0.4, 0.5) is 0 Å². The standard InChI is InChI=1S/C14H13NO3/c1-17-12-6-7-13(15-9-12)10-4-3-5-11(8-10)14(16)18-2/h3-9H,1-2H3. The molecule has 0 aliphatic carbocycles. The van der Waals surface area contributed by atoms with Crippen LogP contribution in [0.1, 0.15) is 10.4 Å². The maximum Gasteiger partial charge on any atom is 0.337 e. The quantitative estimate of drug-likeness (QED) is 0.777. The fourth-order valence-electron chi connectivity index (χ4n) is 1.60. The van der Waals surface area contributed by atoms with Gasteiger partial charge in [-0.15, -0.1) is 0 Å². The van der Waals surface area contributed by atoms with Crippen molar-refractivity contribution in [2.75, 3.05) is 14.2 Å². The Morgan fingerprint density at radius 1 is 1.17 bits per heavy atom. The number of esters is 1. The van der Waals surface area contributed by atoms with Crippen molar-refractivity contribution in [1.82, 2.24) is 4.98 Å². The maximum absolute atomic E-state index is 11.4. The molecule has 0 atom stereocenters. The summed E-state index contributed by atoms with van der Waals surface area (Å²) >= 11 is 0. The van der Waals surface area contributed by atoms with Crippen LogP contribution < -0.4 is 4.74 Å². The summed E-state index contributed by atoms with van der Waals surface area (Å²) < 4.78 is 9.73. The maximum atomic E-state index is 11.4. The number of carbonyl (C=O) groups excluding carboxylic acids is 1. The molecule has 0 fully saturated rings. The monoisotopic (exact) mass is 243 g/mol. The second-order valence-corrected chi connectivity index (χ2v) is 3.66. The Bertz CT molecular complexity index is 549. The van der Waals surface area contributed by atoms with Gasteiger partial charge in [0.2, 0.25) is 0 Å². The molecule has 2 rings (SSSR count). The highest BCUT2D eigenvalue weighted by Gasteiger charge is 2.07. The minimum absolute atomic E-state index is 0.356. The van der Waals surface area contributed by atoms with Crippen molar-refractivity contribution in [1.29, 1.82) is 0 Å². The zero-order chi connectivity index (χ0) is 13.0. The minimum atomic E-state index is -0.356. The van der Waals surface area contributed by atoms with Gasteiger partial charge in [0.25, 0.3) is 0 Å². The first-order valence-electron chi connectivity index (χ1n) is 5.43. The summed E-state index contributed by atoms with van der Waals surface area (Å²) in [6, 6.07) is 10.8. The molecule has 1 heterocycles. The van der Waals surface area contributed by atoms with Crippen LogP contribution >= 0.6 is 0 Å². The highest BCUT2D eigenvalue weighted by molar-refractivity contribution is 5.90. The van der Waals surface area contributed by atoms with Gasteiger partial charge in [0, 0.05) is 5.56 Å². The summed E-state index contributed by atoms with van der Waals surface area (Å²) in [7, 11) is 2.95. The lowest BCUT2D eigenvalue weighted by atomic mass is 10.1. The number of pyridine rings is 1. The summed E-state index contributed by atoms with van der Waals surface area (Å²) in [5, 5.41) is 0. The summed E-state index contributed by atoms with van der Waals surface area (Å²) in [5.41, 5.74) is 2.15. The smallest absolute Gasteiger partial charge is 0.337 e. The van der Waals surface area contributed by atoms with E-state index in [-0.39, 0.29) is 5.97 Å². The predicted molar refractivity (Wildman–Crippen MR) is 67.6 cm³/mol. The van der Waals surface area contributed by atoms with Crippen molar-refractivity contribution in [2.24, 2.45) is 0 Å². The number of ether oxygens (including phenoxy) is 2. The number of hydrogen-bond acceptors (Lipinski definition) is 4. The van der Waals surface area contributed by atoms with Gasteiger partial charge in [-0.2, -0.15) is 0 Å². The molecule has 0 aliphatic heterocycles. The SMILES string of the molecule is COC(=O)c1cccc(-c2ccc(OC)cn2)c1. The predicted octanol–water partition coefficient (Wildman–Crippen LogP) is 2.54. The number of benzene rings is 1. The minimum Gasteiger partial charge on any atom is -0.495 e. The number of carbonyl (C=O) groups is 1. The first-order chi connectivity index (χ1) is 8.74. The molecule has 0 bridgehead atoms. The molecule has 18 heavy (non-hydrogen) atoms. The van der Waals surface area contributed by atoms with E-state index in [0.29, 0.717) is 11.3 Å². The molecule has 0 saturated carbocycles. The normalized spacial score (nSPS) is 9.89. The molecule has 4 heteroatoms. The zero-order valence-corrected chi connectivity index (χ0v) is 10.2. The van der Waals surface area contributed by atoms with E-state index >= 15 is 0 Å². The van der Waals surface area contributed by atoms with Crippen LogP contribution in [0.25, 0.3) is 11.3 Å². The molecule has 4 nitrogen and oxygen atoms in total. The van der Waals surface area contributed by atoms with E-state index in [1.54, 1.807) is 31.5 Å². The van der Waals surface area contributed by atoms with Gasteiger partial charge < -0.3 is 9.47 Å². The molecule has 1 aromatic heterocycles. The van der Waals surface area contributed by atoms with Crippen molar-refractivity contribution >= 4 is 5.97 Å². The van der Waals surface area contributed by atoms with E-state index < -0.39 is 0 Å². The number of nitrogens with zero attached hydrogens (tertiary/aromatic N) is 1. The van der Waals surface area contributed by atoms with Crippen LogP contribution in [0.3, 0.4) is 0 Å². The third kappa shape index (κ3) is 2.48. The molecule has 0 radical (unpaired) electrons. The molecular formula is C14H13NO3. The Hall–Kier alpha value is -2.36. The molecule has 0 N–H and O–H groups in total. The van der Waals surface area contributed by atoms with Crippen molar-refractivity contribution < 1.29 is 14.3 Å². The van der Waals surface area contributed by atoms with Gasteiger partial charge in [-0.05, 0) is 24.3 Å². The molecule has 2 aromatic rings. The first-order valence-corrected chi connectivity index (χ1v) is 5.43. The number of methoxy groups -OCH3 is 2. The van der Waals surface area contributed by atoms with Gasteiger partial charge >= 0.3 is 5.97 Å². The molecule has 0 spiro atoms. The Morgan fingerprint density at radius 2 is 2.00 bits per heavy atom. The fourth-order valence-corrected chi connectivity index (χ4v) is 1.60. The fraction of sp³-hybridized carbons (Fsp3) is 0.143. The molecule has 92 valence electrons. The van der Waals surface area contributed by atoms with E-state index in [2.05, 4.69) is 9.72 Å². The summed E-state index contributed by atoms with van der Waals surface area (Å²) in [4.78, 5) is 15.7. The molecule has 1 aromatic carbocycles. The molecule has 0 unspecified atom stereocenters. The molecule has 0 aliphatic rings. The average Bonchev–Trinajstić information content (AvgIpc) is 2.46. The van der Waals surface area contributed by atoms with E-state index in [1.807, 2.05) is 18.2 Å². The third-order valence-corrected chi connectivity index (χ3v) is 2.55. The summed E-state index contributed by atoms with van der Waals surface area (Å²) in [6.45, 7) is 0. The Kier molecular flexibility index (Phi) is 3.57. The van der Waals surface area contributed by atoms with Crippen LogP contribution in [0.15, 0.2) is 42.6 Å². The van der Waals surface area contributed by atoms with Crippen molar-refractivity contribution in [3.63, 3.8) is 0 Å². The average molecular weight is 243 g/mol. The number of aromatic nitrogens is 1. The van der Waals surface area contributed by atoms with Gasteiger partial charge in [0.1, 0.15) is 5.75 Å². The summed E-state index contributed by atoms with van der Waals surface area (Å²) in [5.74, 6) is 0.341. The van der Waals surface area contributed by atoms with Crippen molar-refractivity contribution in [3.05, 3.63) is 48.2 Å². The van der Waals surface area contributed by atoms with E-state index in [4.69, 9.17) is 4.74 Å². The lowest BCUT2D eigenvalue weighted by Gasteiger charge is -2.04.